The molecule has 0 aliphatic carbocycles. The van der Waals surface area contributed by atoms with E-state index in [9.17, 15) is 9.59 Å². The van der Waals surface area contributed by atoms with Crippen LogP contribution in [0.1, 0.15) is 10.4 Å². The first-order chi connectivity index (χ1) is 7.67. The van der Waals surface area contributed by atoms with Gasteiger partial charge in [-0.15, -0.1) is 0 Å². The summed E-state index contributed by atoms with van der Waals surface area (Å²) >= 11 is 5.97. The normalized spacial score (nSPS) is 10.4. The van der Waals surface area contributed by atoms with Crippen LogP contribution in [0.3, 0.4) is 0 Å². The lowest BCUT2D eigenvalue weighted by molar-refractivity contribution is 0.112. The van der Waals surface area contributed by atoms with Crippen molar-refractivity contribution in [3.8, 4) is 5.75 Å². The number of nitrogens with one attached hydrogen (secondary N) is 1. The molecule has 1 aromatic carbocycles. The average molecular weight is 238 g/mol. The van der Waals surface area contributed by atoms with Crippen molar-refractivity contribution >= 4 is 28.8 Å². The fourth-order valence-corrected chi connectivity index (χ4v) is 1.77. The molecule has 0 spiro atoms. The molecule has 0 aliphatic heterocycles. The molecule has 0 saturated heterocycles. The molecule has 2 aromatic rings. The minimum absolute atomic E-state index is 0.0672. The summed E-state index contributed by atoms with van der Waals surface area (Å²) in [4.78, 5) is 24.7. The highest BCUT2D eigenvalue weighted by Crippen LogP contribution is 2.26. The highest BCUT2D eigenvalue weighted by Gasteiger charge is 2.10. The second-order valence-electron chi connectivity index (χ2n) is 3.21. The quantitative estimate of drug-likeness (QED) is 0.813. The molecule has 1 aromatic heterocycles. The first-order valence-electron chi connectivity index (χ1n) is 4.52. The van der Waals surface area contributed by atoms with Crippen LogP contribution in [0.2, 0.25) is 5.02 Å². The summed E-state index contributed by atoms with van der Waals surface area (Å²) in [7, 11) is 1.53. The van der Waals surface area contributed by atoms with E-state index in [0.29, 0.717) is 22.9 Å². The third-order valence-electron chi connectivity index (χ3n) is 2.31. The van der Waals surface area contributed by atoms with Crippen molar-refractivity contribution in [1.82, 2.24) is 4.98 Å². The second-order valence-corrected chi connectivity index (χ2v) is 3.59. The maximum Gasteiger partial charge on any atom is 0.260 e. The van der Waals surface area contributed by atoms with Crippen LogP contribution >= 0.6 is 11.6 Å². The van der Waals surface area contributed by atoms with E-state index in [0.717, 1.165) is 0 Å². The second kappa shape index (κ2) is 3.98. The third-order valence-corrected chi connectivity index (χ3v) is 2.72. The number of hydrogen-bond donors (Lipinski definition) is 1. The molecule has 0 unspecified atom stereocenters. The van der Waals surface area contributed by atoms with Gasteiger partial charge in [0.25, 0.3) is 5.56 Å². The molecule has 1 heterocycles. The summed E-state index contributed by atoms with van der Waals surface area (Å²) in [6.07, 6.45) is 0.445. The van der Waals surface area contributed by atoms with E-state index in [1.54, 1.807) is 18.2 Å². The molecule has 0 atom stereocenters. The number of rotatable bonds is 2. The first-order valence-corrected chi connectivity index (χ1v) is 4.90. The number of benzene rings is 1. The SMILES string of the molecule is COc1ccc2[nH]c(=O)c(C=O)c(Cl)c2c1. The van der Waals surface area contributed by atoms with Crippen LogP contribution in [0.25, 0.3) is 10.9 Å². The van der Waals surface area contributed by atoms with Crippen LogP contribution in [-0.2, 0) is 0 Å². The predicted octanol–water partition coefficient (Wildman–Crippen LogP) is 2.00. The van der Waals surface area contributed by atoms with Gasteiger partial charge in [-0.2, -0.15) is 0 Å². The molecule has 1 N–H and O–H groups in total. The first kappa shape index (κ1) is 10.7. The number of aromatic amines is 1. The number of pyridine rings is 1. The van der Waals surface area contributed by atoms with E-state index in [1.165, 1.54) is 7.11 Å². The summed E-state index contributed by atoms with van der Waals surface area (Å²) in [5.41, 5.74) is 0.0153. The van der Waals surface area contributed by atoms with Crippen molar-refractivity contribution in [2.75, 3.05) is 7.11 Å². The number of carbonyl (C=O) groups is 1. The van der Waals surface area contributed by atoms with E-state index in [1.807, 2.05) is 0 Å². The predicted molar refractivity (Wildman–Crippen MR) is 61.5 cm³/mol. The van der Waals surface area contributed by atoms with Crippen molar-refractivity contribution in [3.63, 3.8) is 0 Å². The number of H-pyrrole nitrogens is 1. The molecule has 5 heteroatoms. The fraction of sp³-hybridized carbons (Fsp3) is 0.0909. The highest BCUT2D eigenvalue weighted by atomic mass is 35.5. The van der Waals surface area contributed by atoms with E-state index < -0.39 is 5.56 Å². The van der Waals surface area contributed by atoms with Crippen LogP contribution in [0.15, 0.2) is 23.0 Å². The topological polar surface area (TPSA) is 59.2 Å². The molecule has 16 heavy (non-hydrogen) atoms. The molecule has 0 aliphatic rings. The Hall–Kier alpha value is -1.81. The van der Waals surface area contributed by atoms with Crippen molar-refractivity contribution in [1.29, 1.82) is 0 Å². The van der Waals surface area contributed by atoms with Gasteiger partial charge in [0.1, 0.15) is 5.75 Å². The fourth-order valence-electron chi connectivity index (χ4n) is 1.48. The van der Waals surface area contributed by atoms with Crippen LogP contribution < -0.4 is 10.3 Å². The largest absolute Gasteiger partial charge is 0.497 e. The van der Waals surface area contributed by atoms with Gasteiger partial charge in [-0.1, -0.05) is 11.6 Å². The summed E-state index contributed by atoms with van der Waals surface area (Å²) < 4.78 is 5.04. The van der Waals surface area contributed by atoms with Gasteiger partial charge in [0, 0.05) is 5.39 Å². The third kappa shape index (κ3) is 1.57. The van der Waals surface area contributed by atoms with Gasteiger partial charge < -0.3 is 9.72 Å². The molecule has 0 radical (unpaired) electrons. The summed E-state index contributed by atoms with van der Waals surface area (Å²) in [6.45, 7) is 0. The molecule has 2 rings (SSSR count). The molecule has 0 amide bonds. The van der Waals surface area contributed by atoms with Crippen molar-refractivity contribution in [2.24, 2.45) is 0 Å². The smallest absolute Gasteiger partial charge is 0.260 e. The van der Waals surface area contributed by atoms with Gasteiger partial charge in [-0.25, -0.2) is 0 Å². The maximum atomic E-state index is 11.4. The molecule has 82 valence electrons. The number of methoxy groups -OCH3 is 1. The summed E-state index contributed by atoms with van der Waals surface area (Å²) in [6, 6.07) is 5.05. The molecule has 0 fully saturated rings. The highest BCUT2D eigenvalue weighted by molar-refractivity contribution is 6.37. The Kier molecular flexibility index (Phi) is 2.66. The van der Waals surface area contributed by atoms with Crippen LogP contribution in [0.5, 0.6) is 5.75 Å². The minimum Gasteiger partial charge on any atom is -0.497 e. The lowest BCUT2D eigenvalue weighted by Gasteiger charge is -2.05. The Balaban J connectivity index is 2.89. The zero-order valence-corrected chi connectivity index (χ0v) is 9.17. The Morgan fingerprint density at radius 2 is 2.19 bits per heavy atom. The number of carbonyl (C=O) groups excluding carboxylic acids is 1. The molecule has 0 bridgehead atoms. The number of aromatic nitrogens is 1. The average Bonchev–Trinajstić information content (AvgIpc) is 2.29. The molecular weight excluding hydrogens is 230 g/mol. The minimum atomic E-state index is -0.488. The molecule has 0 saturated carbocycles. The zero-order valence-electron chi connectivity index (χ0n) is 8.41. The maximum absolute atomic E-state index is 11.4. The van der Waals surface area contributed by atoms with Crippen molar-refractivity contribution < 1.29 is 9.53 Å². The van der Waals surface area contributed by atoms with Gasteiger partial charge in [-0.3, -0.25) is 9.59 Å². The summed E-state index contributed by atoms with van der Waals surface area (Å²) in [5.74, 6) is 0.610. The van der Waals surface area contributed by atoms with E-state index in [2.05, 4.69) is 4.98 Å². The Morgan fingerprint density at radius 1 is 1.44 bits per heavy atom. The number of ether oxygens (including phenoxy) is 1. The standard InChI is InChI=1S/C11H8ClNO3/c1-16-6-2-3-9-7(4-6)10(12)8(5-14)11(15)13-9/h2-5H,1H3,(H,13,15). The van der Waals surface area contributed by atoms with Gasteiger partial charge in [0.2, 0.25) is 0 Å². The number of aldehydes is 1. The number of hydrogen-bond acceptors (Lipinski definition) is 3. The Bertz CT molecular complexity index is 618. The molecule has 4 nitrogen and oxygen atoms in total. The van der Waals surface area contributed by atoms with Crippen LogP contribution in [-0.4, -0.2) is 18.4 Å². The van der Waals surface area contributed by atoms with E-state index >= 15 is 0 Å². The van der Waals surface area contributed by atoms with Gasteiger partial charge in [0.15, 0.2) is 6.29 Å². The Labute approximate surface area is 95.8 Å². The molecular formula is C11H8ClNO3. The number of fused-ring (bicyclic) bond motifs is 1. The Morgan fingerprint density at radius 3 is 2.81 bits per heavy atom. The summed E-state index contributed by atoms with van der Waals surface area (Å²) in [5, 5.41) is 0.732. The van der Waals surface area contributed by atoms with Crippen molar-refractivity contribution in [3.05, 3.63) is 39.1 Å². The lowest BCUT2D eigenvalue weighted by Crippen LogP contribution is -2.12. The van der Waals surface area contributed by atoms with Gasteiger partial charge >= 0.3 is 0 Å². The lowest BCUT2D eigenvalue weighted by atomic mass is 10.1. The van der Waals surface area contributed by atoms with Gasteiger partial charge in [-0.05, 0) is 18.2 Å². The van der Waals surface area contributed by atoms with Gasteiger partial charge in [0.05, 0.1) is 23.2 Å². The van der Waals surface area contributed by atoms with Crippen LogP contribution in [0, 0.1) is 0 Å². The van der Waals surface area contributed by atoms with Crippen LogP contribution in [0.4, 0.5) is 0 Å². The number of halogens is 1. The monoisotopic (exact) mass is 237 g/mol. The zero-order chi connectivity index (χ0) is 11.7. The van der Waals surface area contributed by atoms with E-state index in [-0.39, 0.29) is 10.6 Å². The van der Waals surface area contributed by atoms with E-state index in [4.69, 9.17) is 16.3 Å². The van der Waals surface area contributed by atoms with Crippen molar-refractivity contribution in [2.45, 2.75) is 0 Å².